The minimum absolute atomic E-state index is 0.0176. The average Bonchev–Trinajstić information content (AvgIpc) is 2.60. The third-order valence-electron chi connectivity index (χ3n) is 2.57. The van der Waals surface area contributed by atoms with Gasteiger partial charge in [-0.2, -0.15) is 0 Å². The van der Waals surface area contributed by atoms with E-state index in [0.717, 1.165) is 28.6 Å². The summed E-state index contributed by atoms with van der Waals surface area (Å²) in [5.41, 5.74) is 2.23. The minimum Gasteiger partial charge on any atom is -0.325 e. The quantitative estimate of drug-likeness (QED) is 0.859. The molecule has 2 nitrogen and oxygen atoms in total. The minimum atomic E-state index is -0.0176. The van der Waals surface area contributed by atoms with Gasteiger partial charge in [0.1, 0.15) is 4.70 Å². The topological polar surface area (TPSA) is 32.9 Å². The number of thiophene rings is 1. The SMILES string of the molecule is CCc1[nH]c(=O)c2sc(Cl)cc2c1CC. The van der Waals surface area contributed by atoms with Crippen LogP contribution < -0.4 is 5.56 Å². The van der Waals surface area contributed by atoms with E-state index >= 15 is 0 Å². The van der Waals surface area contributed by atoms with Crippen molar-refractivity contribution in [2.75, 3.05) is 0 Å². The summed E-state index contributed by atoms with van der Waals surface area (Å²) in [6.45, 7) is 4.14. The lowest BCUT2D eigenvalue weighted by molar-refractivity contribution is 0.967. The standard InChI is InChI=1S/C11H12ClNOS/c1-3-6-7-5-9(12)15-10(7)11(14)13-8(6)4-2/h5H,3-4H2,1-2H3,(H,13,14). The summed E-state index contributed by atoms with van der Waals surface area (Å²) in [5.74, 6) is 0. The zero-order chi connectivity index (χ0) is 11.0. The fourth-order valence-electron chi connectivity index (χ4n) is 1.89. The molecule has 2 heterocycles. The van der Waals surface area contributed by atoms with Crippen LogP contribution in [0.2, 0.25) is 4.34 Å². The molecule has 0 saturated carbocycles. The summed E-state index contributed by atoms with van der Waals surface area (Å²) in [6.07, 6.45) is 1.77. The van der Waals surface area contributed by atoms with Crippen molar-refractivity contribution < 1.29 is 0 Å². The van der Waals surface area contributed by atoms with Gasteiger partial charge in [0.05, 0.1) is 4.34 Å². The number of hydrogen-bond donors (Lipinski definition) is 1. The maximum atomic E-state index is 11.7. The average molecular weight is 242 g/mol. The molecule has 0 aliphatic rings. The third kappa shape index (κ3) is 1.70. The normalized spacial score (nSPS) is 11.1. The molecule has 15 heavy (non-hydrogen) atoms. The van der Waals surface area contributed by atoms with Crippen LogP contribution in [0.3, 0.4) is 0 Å². The summed E-state index contributed by atoms with van der Waals surface area (Å²) in [6, 6.07) is 1.90. The van der Waals surface area contributed by atoms with Crippen molar-refractivity contribution in [1.82, 2.24) is 4.98 Å². The van der Waals surface area contributed by atoms with E-state index in [1.54, 1.807) is 0 Å². The van der Waals surface area contributed by atoms with Crippen LogP contribution >= 0.6 is 22.9 Å². The van der Waals surface area contributed by atoms with Crippen LogP contribution in [0.1, 0.15) is 25.1 Å². The van der Waals surface area contributed by atoms with E-state index in [0.29, 0.717) is 4.34 Å². The van der Waals surface area contributed by atoms with Crippen LogP contribution in [0, 0.1) is 0 Å². The first-order chi connectivity index (χ1) is 7.17. The molecule has 0 radical (unpaired) electrons. The number of nitrogens with one attached hydrogen (secondary N) is 1. The first kappa shape index (κ1) is 10.7. The molecule has 0 atom stereocenters. The first-order valence-electron chi connectivity index (χ1n) is 5.00. The number of aryl methyl sites for hydroxylation is 2. The van der Waals surface area contributed by atoms with E-state index in [2.05, 4.69) is 11.9 Å². The maximum Gasteiger partial charge on any atom is 0.266 e. The molecule has 0 spiro atoms. The maximum absolute atomic E-state index is 11.7. The van der Waals surface area contributed by atoms with E-state index in [4.69, 9.17) is 11.6 Å². The van der Waals surface area contributed by atoms with Gasteiger partial charge >= 0.3 is 0 Å². The monoisotopic (exact) mass is 241 g/mol. The molecule has 2 aromatic rings. The van der Waals surface area contributed by atoms with Crippen molar-refractivity contribution in [2.45, 2.75) is 26.7 Å². The molecule has 0 amide bonds. The van der Waals surface area contributed by atoms with Crippen LogP contribution in [0.4, 0.5) is 0 Å². The highest BCUT2D eigenvalue weighted by Crippen LogP contribution is 2.30. The third-order valence-corrected chi connectivity index (χ3v) is 3.83. The molecule has 0 aliphatic heterocycles. The van der Waals surface area contributed by atoms with Crippen molar-refractivity contribution in [3.63, 3.8) is 0 Å². The summed E-state index contributed by atoms with van der Waals surface area (Å²) >= 11 is 7.29. The number of pyridine rings is 1. The zero-order valence-corrected chi connectivity index (χ0v) is 10.3. The predicted molar refractivity (Wildman–Crippen MR) is 66.2 cm³/mol. The number of rotatable bonds is 2. The Kier molecular flexibility index (Phi) is 2.85. The van der Waals surface area contributed by atoms with Crippen LogP contribution in [-0.2, 0) is 12.8 Å². The van der Waals surface area contributed by atoms with Crippen LogP contribution in [0.5, 0.6) is 0 Å². The Morgan fingerprint density at radius 1 is 1.40 bits per heavy atom. The van der Waals surface area contributed by atoms with Gasteiger partial charge in [-0.3, -0.25) is 4.79 Å². The summed E-state index contributed by atoms with van der Waals surface area (Å²) < 4.78 is 1.42. The van der Waals surface area contributed by atoms with Gasteiger partial charge in [-0.15, -0.1) is 11.3 Å². The van der Waals surface area contributed by atoms with Crippen LogP contribution in [-0.4, -0.2) is 4.98 Å². The van der Waals surface area contributed by atoms with Gasteiger partial charge in [0.15, 0.2) is 0 Å². The van der Waals surface area contributed by atoms with E-state index < -0.39 is 0 Å². The molecule has 0 fully saturated rings. The van der Waals surface area contributed by atoms with Crippen molar-refractivity contribution in [3.05, 3.63) is 32.0 Å². The van der Waals surface area contributed by atoms with Gasteiger partial charge in [0.2, 0.25) is 0 Å². The van der Waals surface area contributed by atoms with Gasteiger partial charge in [-0.25, -0.2) is 0 Å². The van der Waals surface area contributed by atoms with Crippen LogP contribution in [0.25, 0.3) is 10.1 Å². The molecule has 0 unspecified atom stereocenters. The van der Waals surface area contributed by atoms with Crippen molar-refractivity contribution >= 4 is 33.0 Å². The largest absolute Gasteiger partial charge is 0.325 e. The number of hydrogen-bond acceptors (Lipinski definition) is 2. The highest BCUT2D eigenvalue weighted by Gasteiger charge is 2.11. The molecule has 80 valence electrons. The Labute approximate surface area is 96.9 Å². The lowest BCUT2D eigenvalue weighted by Crippen LogP contribution is -2.10. The molecular formula is C11H12ClNOS. The number of halogens is 1. The molecule has 0 aliphatic carbocycles. The van der Waals surface area contributed by atoms with E-state index in [1.165, 1.54) is 16.9 Å². The second-order valence-corrected chi connectivity index (χ2v) is 5.10. The first-order valence-corrected chi connectivity index (χ1v) is 6.19. The summed E-state index contributed by atoms with van der Waals surface area (Å²) in [7, 11) is 0. The molecule has 0 aromatic carbocycles. The lowest BCUT2D eigenvalue weighted by Gasteiger charge is -2.06. The molecule has 1 N–H and O–H groups in total. The summed E-state index contributed by atoms with van der Waals surface area (Å²) in [5, 5.41) is 1.02. The Morgan fingerprint density at radius 2 is 2.13 bits per heavy atom. The highest BCUT2D eigenvalue weighted by atomic mass is 35.5. The predicted octanol–water partition coefficient (Wildman–Crippen LogP) is 3.37. The molecule has 4 heteroatoms. The smallest absolute Gasteiger partial charge is 0.266 e. The van der Waals surface area contributed by atoms with E-state index in [1.807, 2.05) is 13.0 Å². The van der Waals surface area contributed by atoms with E-state index in [9.17, 15) is 4.79 Å². The van der Waals surface area contributed by atoms with Crippen molar-refractivity contribution in [1.29, 1.82) is 0 Å². The zero-order valence-electron chi connectivity index (χ0n) is 8.69. The Balaban J connectivity index is 2.90. The van der Waals surface area contributed by atoms with Gasteiger partial charge in [0.25, 0.3) is 5.56 Å². The van der Waals surface area contributed by atoms with Gasteiger partial charge < -0.3 is 4.98 Å². The number of aromatic nitrogens is 1. The Bertz CT molecular complexity index is 555. The Morgan fingerprint density at radius 3 is 2.73 bits per heavy atom. The van der Waals surface area contributed by atoms with E-state index in [-0.39, 0.29) is 5.56 Å². The second kappa shape index (κ2) is 3.99. The molecule has 2 aromatic heterocycles. The summed E-state index contributed by atoms with van der Waals surface area (Å²) in [4.78, 5) is 14.7. The van der Waals surface area contributed by atoms with Crippen molar-refractivity contribution in [3.8, 4) is 0 Å². The van der Waals surface area contributed by atoms with Crippen molar-refractivity contribution in [2.24, 2.45) is 0 Å². The molecular weight excluding hydrogens is 230 g/mol. The molecule has 0 saturated heterocycles. The van der Waals surface area contributed by atoms with Gasteiger partial charge in [-0.05, 0) is 24.5 Å². The van der Waals surface area contributed by atoms with Crippen LogP contribution in [0.15, 0.2) is 10.9 Å². The lowest BCUT2D eigenvalue weighted by atomic mass is 10.1. The molecule has 0 bridgehead atoms. The number of H-pyrrole nitrogens is 1. The van der Waals surface area contributed by atoms with Gasteiger partial charge in [0, 0.05) is 11.1 Å². The highest BCUT2D eigenvalue weighted by molar-refractivity contribution is 7.22. The second-order valence-electron chi connectivity index (χ2n) is 3.41. The Hall–Kier alpha value is -0.800. The van der Waals surface area contributed by atoms with Gasteiger partial charge in [-0.1, -0.05) is 25.4 Å². The molecule has 2 rings (SSSR count). The fourth-order valence-corrected chi connectivity index (χ4v) is 3.04. The number of fused-ring (bicyclic) bond motifs is 1. The fraction of sp³-hybridized carbons (Fsp3) is 0.364. The number of aromatic amines is 1.